The molecular formula is C32H41F6N2O2P. The summed E-state index contributed by atoms with van der Waals surface area (Å²) in [5, 5.41) is -2.04. The molecule has 2 aromatic carbocycles. The number of hydrogen-bond donors (Lipinski definition) is 0. The minimum Gasteiger partial charge on any atom is -0.311 e. The second-order valence-corrected chi connectivity index (χ2v) is 17.5. The fraction of sp³-hybridized carbons (Fsp3) is 0.531. The van der Waals surface area contributed by atoms with Crippen molar-refractivity contribution in [3.05, 3.63) is 82.4 Å². The first-order chi connectivity index (χ1) is 19.4. The molecule has 3 rings (SSSR count). The van der Waals surface area contributed by atoms with E-state index in [4.69, 9.17) is 4.52 Å². The fourth-order valence-electron chi connectivity index (χ4n) is 5.35. The average Bonchev–Trinajstić information content (AvgIpc) is 3.33. The Hall–Kier alpha value is -2.58. The molecule has 43 heavy (non-hydrogen) atoms. The van der Waals surface area contributed by atoms with Crippen LogP contribution in [0.5, 0.6) is 0 Å². The van der Waals surface area contributed by atoms with Crippen LogP contribution in [0.4, 0.5) is 26.3 Å². The van der Waals surface area contributed by atoms with E-state index >= 15 is 0 Å². The number of benzene rings is 2. The summed E-state index contributed by atoms with van der Waals surface area (Å²) in [6.45, 7) is 18.0. The molecule has 1 atom stereocenters. The Bertz CT molecular complexity index is 1410. The molecule has 238 valence electrons. The molecule has 0 radical (unpaired) electrons. The molecule has 0 aliphatic carbocycles. The number of para-hydroxylation sites is 1. The van der Waals surface area contributed by atoms with Crippen LogP contribution >= 0.6 is 7.37 Å². The lowest BCUT2D eigenvalue weighted by Crippen LogP contribution is -2.31. The molecule has 0 spiro atoms. The molecule has 3 aromatic rings. The van der Waals surface area contributed by atoms with Gasteiger partial charge in [0.1, 0.15) is 11.9 Å². The molecule has 11 heteroatoms. The van der Waals surface area contributed by atoms with Crippen LogP contribution in [0.2, 0.25) is 0 Å². The van der Waals surface area contributed by atoms with Gasteiger partial charge in [-0.1, -0.05) is 87.4 Å². The van der Waals surface area contributed by atoms with E-state index in [0.29, 0.717) is 17.8 Å². The van der Waals surface area contributed by atoms with E-state index in [1.165, 1.54) is 6.20 Å². The largest absolute Gasteiger partial charge is 0.416 e. The van der Waals surface area contributed by atoms with Crippen molar-refractivity contribution in [1.82, 2.24) is 9.55 Å². The first-order valence-electron chi connectivity index (χ1n) is 14.1. The van der Waals surface area contributed by atoms with Crippen molar-refractivity contribution < 1.29 is 35.4 Å². The number of alkyl halides is 6. The van der Waals surface area contributed by atoms with Crippen LogP contribution in [0, 0.1) is 0 Å². The lowest BCUT2D eigenvalue weighted by Gasteiger charge is -2.42. The molecular weight excluding hydrogens is 589 g/mol. The Morgan fingerprint density at radius 2 is 1.21 bits per heavy atom. The zero-order valence-corrected chi connectivity index (χ0v) is 27.2. The number of rotatable bonds is 7. The van der Waals surface area contributed by atoms with Gasteiger partial charge in [-0.25, -0.2) is 4.98 Å². The van der Waals surface area contributed by atoms with Crippen molar-refractivity contribution in [3.8, 4) is 5.69 Å². The van der Waals surface area contributed by atoms with Crippen LogP contribution in [0.3, 0.4) is 0 Å². The maximum Gasteiger partial charge on any atom is 0.416 e. The zero-order valence-electron chi connectivity index (χ0n) is 26.3. The summed E-state index contributed by atoms with van der Waals surface area (Å²) in [5.74, 6) is 0.0593. The van der Waals surface area contributed by atoms with Gasteiger partial charge in [-0.3, -0.25) is 4.57 Å². The molecule has 1 unspecified atom stereocenters. The quantitative estimate of drug-likeness (QED) is 0.193. The molecule has 0 N–H and O–H groups in total. The van der Waals surface area contributed by atoms with Crippen LogP contribution in [0.15, 0.2) is 48.8 Å². The van der Waals surface area contributed by atoms with Gasteiger partial charge in [0.25, 0.3) is 0 Å². The highest BCUT2D eigenvalue weighted by Gasteiger charge is 2.50. The molecule has 1 aromatic heterocycles. The molecule has 4 nitrogen and oxygen atoms in total. The predicted molar refractivity (Wildman–Crippen MR) is 158 cm³/mol. The second-order valence-electron chi connectivity index (χ2n) is 13.5. The highest BCUT2D eigenvalue weighted by atomic mass is 31.2. The highest BCUT2D eigenvalue weighted by molar-refractivity contribution is 7.62. The topological polar surface area (TPSA) is 44.1 Å². The van der Waals surface area contributed by atoms with Gasteiger partial charge in [-0.05, 0) is 46.7 Å². The Kier molecular flexibility index (Phi) is 9.52. The second kappa shape index (κ2) is 11.7. The molecule has 0 saturated heterocycles. The number of imidazole rings is 1. The first-order valence-corrected chi connectivity index (χ1v) is 15.8. The Labute approximate surface area is 250 Å². The number of halogens is 6. The van der Waals surface area contributed by atoms with Crippen LogP contribution in [-0.4, -0.2) is 19.9 Å². The van der Waals surface area contributed by atoms with Gasteiger partial charge in [0.05, 0.1) is 16.8 Å². The SMILES string of the molecule is CC(C)c1cccc(C(C)C)c1-n1ccnc1C(OP(=O)(C(C)(C)C)C(C)(C)C)c1cc(C(F)(F)F)cc(C(F)(F)F)c1. The van der Waals surface area contributed by atoms with E-state index in [9.17, 15) is 30.9 Å². The molecule has 0 amide bonds. The first kappa shape index (κ1) is 34.9. The molecule has 0 bridgehead atoms. The third kappa shape index (κ3) is 7.06. The van der Waals surface area contributed by atoms with Crippen LogP contribution in [-0.2, 0) is 21.4 Å². The van der Waals surface area contributed by atoms with Gasteiger partial charge in [-0.2, -0.15) is 26.3 Å². The minimum absolute atomic E-state index is 0.0176. The Morgan fingerprint density at radius 3 is 1.58 bits per heavy atom. The van der Waals surface area contributed by atoms with Gasteiger partial charge < -0.3 is 9.09 Å². The Balaban J connectivity index is 2.50. The molecule has 0 saturated carbocycles. The smallest absolute Gasteiger partial charge is 0.311 e. The van der Waals surface area contributed by atoms with E-state index in [2.05, 4.69) is 4.98 Å². The van der Waals surface area contributed by atoms with Gasteiger partial charge >= 0.3 is 12.4 Å². The number of nitrogens with zero attached hydrogens (tertiary/aromatic N) is 2. The van der Waals surface area contributed by atoms with Crippen molar-refractivity contribution in [2.24, 2.45) is 0 Å². The van der Waals surface area contributed by atoms with Crippen molar-refractivity contribution in [2.45, 2.75) is 110 Å². The van der Waals surface area contributed by atoms with Gasteiger partial charge in [-0.15, -0.1) is 0 Å². The minimum atomic E-state index is -5.08. The van der Waals surface area contributed by atoms with Crippen molar-refractivity contribution in [3.63, 3.8) is 0 Å². The summed E-state index contributed by atoms with van der Waals surface area (Å²) >= 11 is 0. The normalized spacial score (nSPS) is 14.6. The zero-order chi connectivity index (χ0) is 32.9. The van der Waals surface area contributed by atoms with Crippen molar-refractivity contribution in [2.75, 3.05) is 0 Å². The van der Waals surface area contributed by atoms with E-state index in [1.54, 1.807) is 52.3 Å². The molecule has 0 fully saturated rings. The highest BCUT2D eigenvalue weighted by Crippen LogP contribution is 2.70. The third-order valence-corrected chi connectivity index (χ3v) is 11.5. The van der Waals surface area contributed by atoms with Crippen LogP contribution in [0.25, 0.3) is 5.69 Å². The summed E-state index contributed by atoms with van der Waals surface area (Å²) < 4.78 is 107. The summed E-state index contributed by atoms with van der Waals surface area (Å²) in [4.78, 5) is 4.46. The maximum atomic E-state index is 14.8. The van der Waals surface area contributed by atoms with E-state index < -0.39 is 52.8 Å². The summed E-state index contributed by atoms with van der Waals surface area (Å²) in [7, 11) is -3.85. The third-order valence-electron chi connectivity index (χ3n) is 7.42. The number of hydrogen-bond acceptors (Lipinski definition) is 3. The predicted octanol–water partition coefficient (Wildman–Crippen LogP) is 11.1. The van der Waals surface area contributed by atoms with E-state index in [0.717, 1.165) is 11.1 Å². The van der Waals surface area contributed by atoms with Crippen molar-refractivity contribution >= 4 is 7.37 Å². The fourth-order valence-corrected chi connectivity index (χ4v) is 8.50. The lowest BCUT2D eigenvalue weighted by atomic mass is 9.92. The standard InChI is InChI=1S/C32H41F6N2O2P/c1-19(2)24-12-11-13-25(20(3)4)26(24)40-15-14-39-28(40)27(42-43(41,29(5,6)7)30(8,9)10)21-16-22(31(33,34)35)18-23(17-21)32(36,37)38/h11-20,27H,1-10H3. The molecule has 0 aliphatic rings. The summed E-state index contributed by atoms with van der Waals surface area (Å²) in [6, 6.07) is 7.09. The van der Waals surface area contributed by atoms with Crippen LogP contribution < -0.4 is 0 Å². The van der Waals surface area contributed by atoms with E-state index in [1.807, 2.05) is 45.9 Å². The Morgan fingerprint density at radius 1 is 0.767 bits per heavy atom. The van der Waals surface area contributed by atoms with Gasteiger partial charge in [0.2, 0.25) is 7.37 Å². The van der Waals surface area contributed by atoms with Gasteiger partial charge in [0, 0.05) is 22.7 Å². The van der Waals surface area contributed by atoms with Crippen molar-refractivity contribution in [1.29, 1.82) is 0 Å². The van der Waals surface area contributed by atoms with Gasteiger partial charge in [0.15, 0.2) is 0 Å². The maximum absolute atomic E-state index is 14.8. The average molecular weight is 631 g/mol. The number of aromatic nitrogens is 2. The summed E-state index contributed by atoms with van der Waals surface area (Å²) in [5.41, 5.74) is -0.917. The molecule has 1 heterocycles. The van der Waals surface area contributed by atoms with Crippen LogP contribution in [0.1, 0.15) is 121 Å². The summed E-state index contributed by atoms with van der Waals surface area (Å²) in [6.07, 6.45) is -8.77. The molecule has 0 aliphatic heterocycles. The monoisotopic (exact) mass is 630 g/mol. The lowest BCUT2D eigenvalue weighted by molar-refractivity contribution is -0.143. The van der Waals surface area contributed by atoms with E-state index in [-0.39, 0.29) is 23.7 Å².